The average molecular weight is 394 g/mol. The molecule has 0 unspecified atom stereocenters. The molecule has 144 valence electrons. The molecule has 0 fully saturated rings. The Kier molecular flexibility index (Phi) is 6.94. The zero-order valence-electron chi connectivity index (χ0n) is 15.6. The van der Waals surface area contributed by atoms with Crippen molar-refractivity contribution in [1.29, 1.82) is 0 Å². The fourth-order valence-electron chi connectivity index (χ4n) is 2.69. The zero-order chi connectivity index (χ0) is 19.8. The lowest BCUT2D eigenvalue weighted by molar-refractivity contribution is 0.0976. The number of benzene rings is 3. The Balaban J connectivity index is 1.58. The summed E-state index contributed by atoms with van der Waals surface area (Å²) in [6.07, 6.45) is 0. The van der Waals surface area contributed by atoms with Crippen LogP contribution >= 0.6 is 12.2 Å². The molecule has 28 heavy (non-hydrogen) atoms. The number of ether oxygens (including phenoxy) is 2. The summed E-state index contributed by atoms with van der Waals surface area (Å²) in [6, 6.07) is 20.9. The molecule has 0 aliphatic rings. The van der Waals surface area contributed by atoms with Gasteiger partial charge in [0.05, 0.1) is 6.61 Å². The third kappa shape index (κ3) is 5.52. The van der Waals surface area contributed by atoms with Gasteiger partial charge in [-0.2, -0.15) is 0 Å². The second-order valence-electron chi connectivity index (χ2n) is 6.04. The molecule has 0 saturated carbocycles. The molecule has 0 heterocycles. The van der Waals surface area contributed by atoms with Crippen LogP contribution in [0.2, 0.25) is 0 Å². The molecule has 0 aliphatic carbocycles. The van der Waals surface area contributed by atoms with Gasteiger partial charge in [0.2, 0.25) is 0 Å². The van der Waals surface area contributed by atoms with Gasteiger partial charge in [-0.15, -0.1) is 0 Å². The van der Waals surface area contributed by atoms with Crippen molar-refractivity contribution in [3.8, 4) is 5.75 Å². The summed E-state index contributed by atoms with van der Waals surface area (Å²) in [5.74, 6) is 0.314. The molecular weight excluding hydrogens is 372 g/mol. The van der Waals surface area contributed by atoms with Crippen molar-refractivity contribution in [2.75, 3.05) is 25.1 Å². The Morgan fingerprint density at radius 2 is 1.79 bits per heavy atom. The molecule has 0 saturated heterocycles. The van der Waals surface area contributed by atoms with Crippen molar-refractivity contribution in [3.05, 3.63) is 72.3 Å². The zero-order valence-corrected chi connectivity index (χ0v) is 16.4. The van der Waals surface area contributed by atoms with Crippen LogP contribution in [-0.2, 0) is 4.74 Å². The first kappa shape index (κ1) is 19.8. The van der Waals surface area contributed by atoms with Gasteiger partial charge in [0.15, 0.2) is 5.11 Å². The number of nitrogens with one attached hydrogen (secondary N) is 2. The summed E-state index contributed by atoms with van der Waals surface area (Å²) in [7, 11) is 0. The maximum atomic E-state index is 12.5. The van der Waals surface area contributed by atoms with Crippen LogP contribution in [-0.4, -0.2) is 30.8 Å². The third-order valence-electron chi connectivity index (χ3n) is 4.03. The highest BCUT2D eigenvalue weighted by Gasteiger charge is 2.09. The van der Waals surface area contributed by atoms with Crippen LogP contribution in [0.5, 0.6) is 5.75 Å². The van der Waals surface area contributed by atoms with Gasteiger partial charge >= 0.3 is 0 Å². The predicted octanol–water partition coefficient (Wildman–Crippen LogP) is 4.38. The molecular formula is C22H22N2O3S. The molecule has 0 aromatic heterocycles. The minimum Gasteiger partial charge on any atom is -0.491 e. The van der Waals surface area contributed by atoms with Gasteiger partial charge < -0.3 is 14.8 Å². The SMILES string of the molecule is CCOCCOc1cccc(C(=O)NC(=S)Nc2ccc3ccccc3c2)c1. The number of hydrogen-bond donors (Lipinski definition) is 2. The number of carbonyl (C=O) groups excluding carboxylic acids is 1. The number of thiocarbonyl (C=S) groups is 1. The Morgan fingerprint density at radius 1 is 0.964 bits per heavy atom. The second kappa shape index (κ2) is 9.82. The van der Waals surface area contributed by atoms with Gasteiger partial charge in [-0.1, -0.05) is 36.4 Å². The lowest BCUT2D eigenvalue weighted by atomic mass is 10.1. The Morgan fingerprint density at radius 3 is 2.61 bits per heavy atom. The van der Waals surface area contributed by atoms with E-state index in [9.17, 15) is 4.79 Å². The summed E-state index contributed by atoms with van der Waals surface area (Å²) >= 11 is 5.28. The lowest BCUT2D eigenvalue weighted by Gasteiger charge is -2.11. The van der Waals surface area contributed by atoms with Gasteiger partial charge in [-0.25, -0.2) is 0 Å². The van der Waals surface area contributed by atoms with Gasteiger partial charge in [-0.3, -0.25) is 10.1 Å². The summed E-state index contributed by atoms with van der Waals surface area (Å²) < 4.78 is 10.8. The summed E-state index contributed by atoms with van der Waals surface area (Å²) in [5, 5.41) is 8.22. The third-order valence-corrected chi connectivity index (χ3v) is 4.24. The van der Waals surface area contributed by atoms with E-state index in [1.54, 1.807) is 24.3 Å². The maximum absolute atomic E-state index is 12.5. The monoisotopic (exact) mass is 394 g/mol. The molecule has 0 spiro atoms. The normalized spacial score (nSPS) is 10.5. The topological polar surface area (TPSA) is 59.6 Å². The molecule has 2 N–H and O–H groups in total. The van der Waals surface area contributed by atoms with Crippen molar-refractivity contribution >= 4 is 39.7 Å². The molecule has 3 rings (SSSR count). The average Bonchev–Trinajstić information content (AvgIpc) is 2.71. The molecule has 6 heteroatoms. The van der Waals surface area contributed by atoms with E-state index >= 15 is 0 Å². The summed E-state index contributed by atoms with van der Waals surface area (Å²) in [5.41, 5.74) is 1.29. The van der Waals surface area contributed by atoms with Gasteiger partial charge in [0.25, 0.3) is 5.91 Å². The number of amides is 1. The highest BCUT2D eigenvalue weighted by molar-refractivity contribution is 7.80. The molecule has 0 radical (unpaired) electrons. The van der Waals surface area contributed by atoms with Crippen LogP contribution < -0.4 is 15.4 Å². The predicted molar refractivity (Wildman–Crippen MR) is 116 cm³/mol. The van der Waals surface area contributed by atoms with E-state index in [1.165, 1.54) is 0 Å². The number of rotatable bonds is 7. The largest absolute Gasteiger partial charge is 0.491 e. The molecule has 0 atom stereocenters. The quantitative estimate of drug-likeness (QED) is 0.460. The maximum Gasteiger partial charge on any atom is 0.257 e. The molecule has 3 aromatic carbocycles. The van der Waals surface area contributed by atoms with E-state index in [4.69, 9.17) is 21.7 Å². The van der Waals surface area contributed by atoms with Crippen molar-refractivity contribution in [2.24, 2.45) is 0 Å². The number of anilines is 1. The van der Waals surface area contributed by atoms with E-state index in [0.717, 1.165) is 16.5 Å². The van der Waals surface area contributed by atoms with Crippen LogP contribution in [0.4, 0.5) is 5.69 Å². The highest BCUT2D eigenvalue weighted by Crippen LogP contribution is 2.19. The van der Waals surface area contributed by atoms with E-state index < -0.39 is 0 Å². The lowest BCUT2D eigenvalue weighted by Crippen LogP contribution is -2.34. The van der Waals surface area contributed by atoms with E-state index in [0.29, 0.717) is 31.1 Å². The number of fused-ring (bicyclic) bond motifs is 1. The highest BCUT2D eigenvalue weighted by atomic mass is 32.1. The van der Waals surface area contributed by atoms with Crippen molar-refractivity contribution in [2.45, 2.75) is 6.92 Å². The Labute approximate surface area is 169 Å². The first-order valence-corrected chi connectivity index (χ1v) is 9.48. The van der Waals surface area contributed by atoms with Gasteiger partial charge in [0, 0.05) is 17.9 Å². The van der Waals surface area contributed by atoms with Gasteiger partial charge in [0.1, 0.15) is 12.4 Å². The molecule has 0 bridgehead atoms. The smallest absolute Gasteiger partial charge is 0.257 e. The molecule has 5 nitrogen and oxygen atoms in total. The van der Waals surface area contributed by atoms with Crippen molar-refractivity contribution in [1.82, 2.24) is 5.32 Å². The van der Waals surface area contributed by atoms with Crippen LogP contribution in [0.3, 0.4) is 0 Å². The Hall–Kier alpha value is -2.96. The first-order chi connectivity index (χ1) is 13.7. The van der Waals surface area contributed by atoms with Gasteiger partial charge in [-0.05, 0) is 60.2 Å². The van der Waals surface area contributed by atoms with E-state index in [2.05, 4.69) is 10.6 Å². The first-order valence-electron chi connectivity index (χ1n) is 9.07. The van der Waals surface area contributed by atoms with Crippen LogP contribution in [0.1, 0.15) is 17.3 Å². The van der Waals surface area contributed by atoms with Crippen molar-refractivity contribution < 1.29 is 14.3 Å². The number of hydrogen-bond acceptors (Lipinski definition) is 4. The fourth-order valence-corrected chi connectivity index (χ4v) is 2.91. The standard InChI is InChI=1S/C22H22N2O3S/c1-2-26-12-13-27-20-9-5-8-18(15-20)21(25)24-22(28)23-19-11-10-16-6-3-4-7-17(16)14-19/h3-11,14-15H,2,12-13H2,1H3,(H2,23,24,25,28). The minimum absolute atomic E-state index is 0.239. The van der Waals surface area contributed by atoms with Crippen molar-refractivity contribution in [3.63, 3.8) is 0 Å². The summed E-state index contributed by atoms with van der Waals surface area (Å²) in [6.45, 7) is 3.51. The molecule has 3 aromatic rings. The minimum atomic E-state index is -0.298. The van der Waals surface area contributed by atoms with Crippen LogP contribution in [0.15, 0.2) is 66.7 Å². The van der Waals surface area contributed by atoms with Crippen LogP contribution in [0, 0.1) is 0 Å². The second-order valence-corrected chi connectivity index (χ2v) is 6.45. The molecule has 1 amide bonds. The molecule has 0 aliphatic heterocycles. The van der Waals surface area contributed by atoms with E-state index in [-0.39, 0.29) is 11.0 Å². The van der Waals surface area contributed by atoms with E-state index in [1.807, 2.05) is 49.4 Å². The summed E-state index contributed by atoms with van der Waals surface area (Å²) in [4.78, 5) is 12.5. The Bertz CT molecular complexity index is 975. The fraction of sp³-hybridized carbons (Fsp3) is 0.182. The van der Waals surface area contributed by atoms with Crippen LogP contribution in [0.25, 0.3) is 10.8 Å². The number of carbonyl (C=O) groups is 1.